The Labute approximate surface area is 140 Å². The molecule has 0 atom stereocenters. The molecular formula is C18H22ClNO3. The number of rotatable bonds is 4. The molecule has 3 rings (SSSR count). The van der Waals surface area contributed by atoms with E-state index in [1.165, 1.54) is 30.2 Å². The molecule has 0 radical (unpaired) electrons. The number of aryl methyl sites for hydroxylation is 1. The van der Waals surface area contributed by atoms with Crippen LogP contribution in [0.1, 0.15) is 43.7 Å². The van der Waals surface area contributed by atoms with E-state index >= 15 is 0 Å². The van der Waals surface area contributed by atoms with Crippen molar-refractivity contribution in [3.05, 3.63) is 38.7 Å². The quantitative estimate of drug-likeness (QED) is 0.870. The molecule has 0 saturated carbocycles. The van der Waals surface area contributed by atoms with Gasteiger partial charge < -0.3 is 14.4 Å². The summed E-state index contributed by atoms with van der Waals surface area (Å²) in [7, 11) is 0. The minimum Gasteiger partial charge on any atom is -0.871 e. The van der Waals surface area contributed by atoms with Gasteiger partial charge in [0.1, 0.15) is 12.1 Å². The van der Waals surface area contributed by atoms with Gasteiger partial charge in [-0.05, 0) is 37.3 Å². The van der Waals surface area contributed by atoms with Crippen LogP contribution in [0.4, 0.5) is 0 Å². The van der Waals surface area contributed by atoms with Gasteiger partial charge in [-0.2, -0.15) is 0 Å². The Balaban J connectivity index is 2.14. The first-order valence-corrected chi connectivity index (χ1v) is 8.76. The minimum atomic E-state index is -0.391. The van der Waals surface area contributed by atoms with Crippen LogP contribution in [0.25, 0.3) is 11.0 Å². The lowest BCUT2D eigenvalue weighted by atomic mass is 10.0. The molecule has 1 aromatic carbocycles. The number of hydrogen-bond donors (Lipinski definition) is 1. The van der Waals surface area contributed by atoms with Crippen molar-refractivity contribution in [1.29, 1.82) is 0 Å². The van der Waals surface area contributed by atoms with Crippen molar-refractivity contribution in [3.63, 3.8) is 0 Å². The van der Waals surface area contributed by atoms with Crippen molar-refractivity contribution in [3.8, 4) is 5.75 Å². The van der Waals surface area contributed by atoms with E-state index in [9.17, 15) is 9.90 Å². The number of fused-ring (bicyclic) bond motifs is 1. The van der Waals surface area contributed by atoms with Crippen molar-refractivity contribution in [2.24, 2.45) is 0 Å². The smallest absolute Gasteiger partial charge is 0.336 e. The van der Waals surface area contributed by atoms with E-state index in [1.54, 1.807) is 6.07 Å². The molecule has 4 nitrogen and oxygen atoms in total. The number of nitrogens with one attached hydrogen (secondary N) is 1. The molecule has 2 heterocycles. The number of benzene rings is 1. The summed E-state index contributed by atoms with van der Waals surface area (Å²) in [6, 6.07) is 3.17. The maximum absolute atomic E-state index is 12.5. The summed E-state index contributed by atoms with van der Waals surface area (Å²) in [6.45, 7) is 4.73. The zero-order valence-corrected chi connectivity index (χ0v) is 14.2. The first-order valence-electron chi connectivity index (χ1n) is 8.39. The zero-order valence-electron chi connectivity index (χ0n) is 13.4. The molecule has 0 bridgehead atoms. The maximum Gasteiger partial charge on any atom is 0.336 e. The Morgan fingerprint density at radius 3 is 2.70 bits per heavy atom. The minimum absolute atomic E-state index is 0.200. The second-order valence-corrected chi connectivity index (χ2v) is 6.78. The standard InChI is InChI=1S/C18H22ClNO3/c1-2-6-12-9-16(21)23-18-13(12)10-15(19)17(22)14(18)11-20-7-4-3-5-8-20/h9-10,22H,2-8,11H2,1H3. The summed E-state index contributed by atoms with van der Waals surface area (Å²) in [5.41, 5.74) is 1.51. The third kappa shape index (κ3) is 3.38. The Kier molecular flexibility index (Phi) is 4.93. The predicted molar refractivity (Wildman–Crippen MR) is 89.2 cm³/mol. The Bertz CT molecular complexity index is 763. The van der Waals surface area contributed by atoms with Crippen molar-refractivity contribution in [2.75, 3.05) is 13.1 Å². The van der Waals surface area contributed by atoms with Gasteiger partial charge in [0.05, 0.1) is 13.1 Å². The van der Waals surface area contributed by atoms with E-state index < -0.39 is 5.63 Å². The fourth-order valence-corrected chi connectivity index (χ4v) is 3.71. The van der Waals surface area contributed by atoms with Crippen LogP contribution in [-0.2, 0) is 13.0 Å². The summed E-state index contributed by atoms with van der Waals surface area (Å²) in [6.07, 6.45) is 5.29. The summed E-state index contributed by atoms with van der Waals surface area (Å²) >= 11 is 6.18. The molecule has 1 saturated heterocycles. The van der Waals surface area contributed by atoms with Crippen LogP contribution in [0.5, 0.6) is 5.75 Å². The second-order valence-electron chi connectivity index (χ2n) is 6.37. The van der Waals surface area contributed by atoms with E-state index in [4.69, 9.17) is 16.0 Å². The SMILES string of the molecule is CCCc1cc(=O)oc2c(C[NH+]3CCCCC3)c([O-])c(Cl)cc12. The molecule has 1 aromatic heterocycles. The fourth-order valence-electron chi connectivity index (χ4n) is 3.49. The second kappa shape index (κ2) is 6.93. The molecule has 1 aliphatic rings. The molecule has 2 aromatic rings. The summed E-state index contributed by atoms with van der Waals surface area (Å²) in [5, 5.41) is 13.6. The Morgan fingerprint density at radius 1 is 1.26 bits per heavy atom. The molecule has 0 amide bonds. The van der Waals surface area contributed by atoms with Crippen LogP contribution in [0, 0.1) is 0 Å². The van der Waals surface area contributed by atoms with Gasteiger partial charge in [0.2, 0.25) is 0 Å². The highest BCUT2D eigenvalue weighted by Crippen LogP contribution is 2.33. The average molecular weight is 336 g/mol. The summed E-state index contributed by atoms with van der Waals surface area (Å²) < 4.78 is 5.43. The molecule has 0 spiro atoms. The lowest BCUT2D eigenvalue weighted by molar-refractivity contribution is -0.918. The highest BCUT2D eigenvalue weighted by atomic mass is 35.5. The number of piperidine rings is 1. The molecule has 5 heteroatoms. The highest BCUT2D eigenvalue weighted by molar-refractivity contribution is 6.33. The van der Waals surface area contributed by atoms with E-state index in [1.807, 2.05) is 0 Å². The first kappa shape index (κ1) is 16.3. The van der Waals surface area contributed by atoms with Crippen molar-refractivity contribution in [2.45, 2.75) is 45.6 Å². The van der Waals surface area contributed by atoms with E-state index in [0.717, 1.165) is 36.9 Å². The van der Waals surface area contributed by atoms with E-state index in [0.29, 0.717) is 17.7 Å². The largest absolute Gasteiger partial charge is 0.871 e. The predicted octanol–water partition coefficient (Wildman–Crippen LogP) is 2.04. The molecule has 124 valence electrons. The molecule has 0 unspecified atom stereocenters. The molecular weight excluding hydrogens is 314 g/mol. The van der Waals surface area contributed by atoms with Gasteiger partial charge in [-0.1, -0.05) is 30.7 Å². The van der Waals surface area contributed by atoms with Gasteiger partial charge in [0.25, 0.3) is 0 Å². The molecule has 1 N–H and O–H groups in total. The number of likely N-dealkylation sites (tertiary alicyclic amines) is 1. The Hall–Kier alpha value is -1.52. The zero-order chi connectivity index (χ0) is 16.4. The van der Waals surface area contributed by atoms with Crippen LogP contribution >= 0.6 is 11.6 Å². The Morgan fingerprint density at radius 2 is 2.00 bits per heavy atom. The van der Waals surface area contributed by atoms with Crippen LogP contribution in [0.15, 0.2) is 21.3 Å². The topological polar surface area (TPSA) is 57.7 Å². The number of halogens is 1. The number of quaternary nitrogens is 1. The van der Waals surface area contributed by atoms with Crippen LogP contribution in [-0.4, -0.2) is 13.1 Å². The highest BCUT2D eigenvalue weighted by Gasteiger charge is 2.19. The normalized spacial score (nSPS) is 16.1. The van der Waals surface area contributed by atoms with Gasteiger partial charge in [-0.15, -0.1) is 0 Å². The average Bonchev–Trinajstić information content (AvgIpc) is 2.54. The van der Waals surface area contributed by atoms with Gasteiger partial charge in [0, 0.05) is 22.0 Å². The van der Waals surface area contributed by atoms with Gasteiger partial charge >= 0.3 is 5.63 Å². The lowest BCUT2D eigenvalue weighted by Crippen LogP contribution is -3.11. The van der Waals surface area contributed by atoms with Gasteiger partial charge in [0.15, 0.2) is 0 Å². The first-order chi connectivity index (χ1) is 11.1. The third-order valence-electron chi connectivity index (χ3n) is 4.63. The third-order valence-corrected chi connectivity index (χ3v) is 4.91. The summed E-state index contributed by atoms with van der Waals surface area (Å²) in [5.74, 6) is -0.200. The monoisotopic (exact) mass is 335 g/mol. The van der Waals surface area contributed by atoms with Crippen molar-refractivity contribution < 1.29 is 14.4 Å². The molecule has 1 fully saturated rings. The van der Waals surface area contributed by atoms with Gasteiger partial charge in [-0.25, -0.2) is 4.79 Å². The molecule has 23 heavy (non-hydrogen) atoms. The van der Waals surface area contributed by atoms with Crippen molar-refractivity contribution >= 4 is 22.6 Å². The van der Waals surface area contributed by atoms with Crippen LogP contribution in [0.2, 0.25) is 5.02 Å². The summed E-state index contributed by atoms with van der Waals surface area (Å²) in [4.78, 5) is 13.3. The van der Waals surface area contributed by atoms with E-state index in [2.05, 4.69) is 6.92 Å². The van der Waals surface area contributed by atoms with Crippen LogP contribution in [0.3, 0.4) is 0 Å². The van der Waals surface area contributed by atoms with Gasteiger partial charge in [-0.3, -0.25) is 0 Å². The fraction of sp³-hybridized carbons (Fsp3) is 0.500. The van der Waals surface area contributed by atoms with E-state index in [-0.39, 0.29) is 10.8 Å². The lowest BCUT2D eigenvalue weighted by Gasteiger charge is -2.26. The maximum atomic E-state index is 12.5. The number of hydrogen-bond acceptors (Lipinski definition) is 3. The van der Waals surface area contributed by atoms with Crippen molar-refractivity contribution in [1.82, 2.24) is 0 Å². The van der Waals surface area contributed by atoms with Crippen LogP contribution < -0.4 is 15.6 Å². The molecule has 0 aliphatic carbocycles. The molecule has 1 aliphatic heterocycles.